The van der Waals surface area contributed by atoms with Gasteiger partial charge in [0, 0.05) is 6.20 Å². The van der Waals surface area contributed by atoms with Gasteiger partial charge in [-0.1, -0.05) is 17.7 Å². The number of hydrogen-bond acceptors (Lipinski definition) is 5. The van der Waals surface area contributed by atoms with Gasteiger partial charge in [-0.3, -0.25) is 14.3 Å². The lowest BCUT2D eigenvalue weighted by Crippen LogP contribution is -2.13. The molecule has 0 fully saturated rings. The van der Waals surface area contributed by atoms with E-state index in [-0.39, 0.29) is 17.4 Å². The Morgan fingerprint density at radius 1 is 1.45 bits per heavy atom. The van der Waals surface area contributed by atoms with Crippen LogP contribution < -0.4 is 5.32 Å². The highest BCUT2D eigenvalue weighted by molar-refractivity contribution is 6.29. The summed E-state index contributed by atoms with van der Waals surface area (Å²) in [5.74, 6) is -0.840. The smallest absolute Gasteiger partial charge is 0.327 e. The van der Waals surface area contributed by atoms with Crippen molar-refractivity contribution in [1.82, 2.24) is 14.8 Å². The van der Waals surface area contributed by atoms with Gasteiger partial charge < -0.3 is 10.1 Å². The molecule has 0 spiro atoms. The fourth-order valence-corrected chi connectivity index (χ4v) is 1.61. The minimum Gasteiger partial charge on any atom is -0.468 e. The lowest BCUT2D eigenvalue weighted by atomic mass is 10.3. The van der Waals surface area contributed by atoms with Crippen LogP contribution in [0.25, 0.3) is 0 Å². The normalized spacial score (nSPS) is 10.1. The minimum atomic E-state index is -0.428. The first-order valence-corrected chi connectivity index (χ1v) is 5.99. The largest absolute Gasteiger partial charge is 0.468 e. The maximum Gasteiger partial charge on any atom is 0.327 e. The number of pyridine rings is 1. The molecule has 0 aromatic carbocycles. The topological polar surface area (TPSA) is 86.1 Å². The van der Waals surface area contributed by atoms with Crippen LogP contribution in [0, 0.1) is 0 Å². The van der Waals surface area contributed by atoms with Gasteiger partial charge in [0.1, 0.15) is 17.4 Å². The van der Waals surface area contributed by atoms with Crippen LogP contribution in [-0.2, 0) is 16.1 Å². The number of methoxy groups -OCH3 is 1. The van der Waals surface area contributed by atoms with E-state index >= 15 is 0 Å². The first-order chi connectivity index (χ1) is 9.58. The predicted molar refractivity (Wildman–Crippen MR) is 71.4 cm³/mol. The maximum atomic E-state index is 11.9. The van der Waals surface area contributed by atoms with Crippen LogP contribution in [0.4, 0.5) is 5.69 Å². The highest BCUT2D eigenvalue weighted by atomic mass is 35.5. The number of ether oxygens (including phenoxy) is 1. The summed E-state index contributed by atoms with van der Waals surface area (Å²) in [6.45, 7) is -0.0260. The van der Waals surface area contributed by atoms with Crippen LogP contribution in [0.3, 0.4) is 0 Å². The summed E-state index contributed by atoms with van der Waals surface area (Å²) in [6, 6.07) is 4.75. The van der Waals surface area contributed by atoms with Gasteiger partial charge in [0.05, 0.1) is 19.0 Å². The summed E-state index contributed by atoms with van der Waals surface area (Å²) in [5, 5.41) is 6.76. The zero-order valence-electron chi connectivity index (χ0n) is 10.5. The molecule has 0 saturated heterocycles. The SMILES string of the molecule is COC(=O)Cn1cc(NC(=O)c2cccc(Cl)n2)cn1. The molecule has 2 aromatic rings. The minimum absolute atomic E-state index is 0.0260. The molecule has 0 radical (unpaired) electrons. The molecule has 8 heteroatoms. The molecule has 2 rings (SSSR count). The summed E-state index contributed by atoms with van der Waals surface area (Å²) in [5.41, 5.74) is 0.638. The molecule has 0 atom stereocenters. The van der Waals surface area contributed by atoms with Crippen LogP contribution in [0.1, 0.15) is 10.5 Å². The summed E-state index contributed by atoms with van der Waals surface area (Å²) in [7, 11) is 1.29. The van der Waals surface area contributed by atoms with Gasteiger partial charge >= 0.3 is 5.97 Å². The molecule has 0 aliphatic rings. The van der Waals surface area contributed by atoms with E-state index in [1.54, 1.807) is 18.2 Å². The Hall–Kier alpha value is -2.41. The second-order valence-corrected chi connectivity index (χ2v) is 4.19. The second-order valence-electron chi connectivity index (χ2n) is 3.80. The summed E-state index contributed by atoms with van der Waals surface area (Å²) in [6.07, 6.45) is 2.94. The number of hydrogen-bond donors (Lipinski definition) is 1. The number of amides is 1. The Kier molecular flexibility index (Phi) is 4.31. The lowest BCUT2D eigenvalue weighted by Gasteiger charge is -2.02. The van der Waals surface area contributed by atoms with E-state index in [0.29, 0.717) is 5.69 Å². The standard InChI is InChI=1S/C12H11ClN4O3/c1-20-11(18)7-17-6-8(5-14-17)15-12(19)9-3-2-4-10(13)16-9/h2-6H,7H2,1H3,(H,15,19). The fraction of sp³-hybridized carbons (Fsp3) is 0.167. The second kappa shape index (κ2) is 6.16. The molecule has 104 valence electrons. The third-order valence-electron chi connectivity index (χ3n) is 2.36. The van der Waals surface area contributed by atoms with Crippen molar-refractivity contribution in [1.29, 1.82) is 0 Å². The van der Waals surface area contributed by atoms with Gasteiger partial charge in [-0.25, -0.2) is 4.98 Å². The average molecular weight is 295 g/mol. The molecule has 2 heterocycles. The number of aromatic nitrogens is 3. The Labute approximate surface area is 119 Å². The molecular formula is C12H11ClN4O3. The number of carbonyl (C=O) groups excluding carboxylic acids is 2. The monoisotopic (exact) mass is 294 g/mol. The number of nitrogens with zero attached hydrogens (tertiary/aromatic N) is 3. The number of carbonyl (C=O) groups is 2. The first kappa shape index (κ1) is 14.0. The fourth-order valence-electron chi connectivity index (χ4n) is 1.44. The molecule has 1 amide bonds. The van der Waals surface area contributed by atoms with E-state index in [2.05, 4.69) is 20.1 Å². The quantitative estimate of drug-likeness (QED) is 0.679. The third kappa shape index (κ3) is 3.55. The van der Waals surface area contributed by atoms with Gasteiger partial charge in [-0.05, 0) is 12.1 Å². The zero-order valence-corrected chi connectivity index (χ0v) is 11.3. The van der Waals surface area contributed by atoms with E-state index in [9.17, 15) is 9.59 Å². The van der Waals surface area contributed by atoms with Gasteiger partial charge in [0.15, 0.2) is 0 Å². The van der Waals surface area contributed by atoms with Crippen molar-refractivity contribution < 1.29 is 14.3 Å². The zero-order chi connectivity index (χ0) is 14.5. The van der Waals surface area contributed by atoms with Crippen molar-refractivity contribution in [2.24, 2.45) is 0 Å². The number of nitrogens with one attached hydrogen (secondary N) is 1. The van der Waals surface area contributed by atoms with E-state index in [0.717, 1.165) is 0 Å². The average Bonchev–Trinajstić information content (AvgIpc) is 2.85. The van der Waals surface area contributed by atoms with E-state index in [4.69, 9.17) is 11.6 Å². The number of anilines is 1. The van der Waals surface area contributed by atoms with Crippen molar-refractivity contribution >= 4 is 29.2 Å². The van der Waals surface area contributed by atoms with Crippen molar-refractivity contribution in [3.8, 4) is 0 Å². The number of halogens is 1. The van der Waals surface area contributed by atoms with Crippen LogP contribution in [-0.4, -0.2) is 33.8 Å². The van der Waals surface area contributed by atoms with E-state index in [1.807, 2.05) is 0 Å². The van der Waals surface area contributed by atoms with Crippen molar-refractivity contribution in [3.05, 3.63) is 41.4 Å². The van der Waals surface area contributed by atoms with Crippen molar-refractivity contribution in [2.45, 2.75) is 6.54 Å². The van der Waals surface area contributed by atoms with Gasteiger partial charge in [0.2, 0.25) is 0 Å². The Bertz CT molecular complexity index is 641. The van der Waals surface area contributed by atoms with Crippen LogP contribution in [0.15, 0.2) is 30.6 Å². The van der Waals surface area contributed by atoms with Crippen molar-refractivity contribution in [3.63, 3.8) is 0 Å². The van der Waals surface area contributed by atoms with E-state index in [1.165, 1.54) is 24.2 Å². The number of rotatable bonds is 4. The molecule has 1 N–H and O–H groups in total. The van der Waals surface area contributed by atoms with Gasteiger partial charge in [0.25, 0.3) is 5.91 Å². The lowest BCUT2D eigenvalue weighted by molar-refractivity contribution is -0.141. The maximum absolute atomic E-state index is 11.9. The molecule has 0 saturated carbocycles. The summed E-state index contributed by atoms with van der Waals surface area (Å²) < 4.78 is 5.87. The molecule has 0 aliphatic heterocycles. The molecule has 7 nitrogen and oxygen atoms in total. The molecule has 0 unspecified atom stereocenters. The molecule has 2 aromatic heterocycles. The van der Waals surface area contributed by atoms with Crippen LogP contribution in [0.5, 0.6) is 0 Å². The molecule has 20 heavy (non-hydrogen) atoms. The Morgan fingerprint density at radius 3 is 2.95 bits per heavy atom. The van der Waals surface area contributed by atoms with Crippen LogP contribution in [0.2, 0.25) is 5.15 Å². The highest BCUT2D eigenvalue weighted by Crippen LogP contribution is 2.09. The third-order valence-corrected chi connectivity index (χ3v) is 2.57. The number of esters is 1. The van der Waals surface area contributed by atoms with Crippen molar-refractivity contribution in [2.75, 3.05) is 12.4 Å². The predicted octanol–water partition coefficient (Wildman–Crippen LogP) is 1.36. The Balaban J connectivity index is 2.03. The van der Waals surface area contributed by atoms with Gasteiger partial charge in [-0.15, -0.1) is 0 Å². The highest BCUT2D eigenvalue weighted by Gasteiger charge is 2.10. The molecule has 0 aliphatic carbocycles. The van der Waals surface area contributed by atoms with E-state index < -0.39 is 11.9 Å². The first-order valence-electron chi connectivity index (χ1n) is 5.61. The van der Waals surface area contributed by atoms with Gasteiger partial charge in [-0.2, -0.15) is 5.10 Å². The summed E-state index contributed by atoms with van der Waals surface area (Å²) >= 11 is 5.71. The van der Waals surface area contributed by atoms with Crippen LogP contribution >= 0.6 is 11.6 Å². The molecule has 0 bridgehead atoms. The Morgan fingerprint density at radius 2 is 2.25 bits per heavy atom. The summed E-state index contributed by atoms with van der Waals surface area (Å²) in [4.78, 5) is 26.9. The molecular weight excluding hydrogens is 284 g/mol.